The lowest BCUT2D eigenvalue weighted by molar-refractivity contribution is 0.558. The molecule has 0 fully saturated rings. The number of hydrogen-bond donors (Lipinski definition) is 0. The number of imidazole rings is 1. The van der Waals surface area contributed by atoms with Gasteiger partial charge in [0.25, 0.3) is 0 Å². The first kappa shape index (κ1) is 22.7. The summed E-state index contributed by atoms with van der Waals surface area (Å²) in [5.41, 5.74) is 3.79. The number of allylic oxidation sites excluding steroid dienone is 1. The zero-order chi connectivity index (χ0) is 20.7. The summed E-state index contributed by atoms with van der Waals surface area (Å²) in [5, 5.41) is 0. The molecule has 0 saturated carbocycles. The molecule has 3 aromatic rings. The highest BCUT2D eigenvalue weighted by Crippen LogP contribution is 2.06. The van der Waals surface area contributed by atoms with Crippen LogP contribution in [0, 0.1) is 0 Å². The van der Waals surface area contributed by atoms with E-state index in [1.54, 1.807) is 0 Å². The first-order valence-corrected chi connectivity index (χ1v) is 10.9. The van der Waals surface area contributed by atoms with Crippen molar-refractivity contribution in [1.29, 1.82) is 0 Å². The van der Waals surface area contributed by atoms with Crippen LogP contribution < -0.4 is 10.9 Å². The van der Waals surface area contributed by atoms with Crippen LogP contribution >= 0.6 is 0 Å². The van der Waals surface area contributed by atoms with Crippen molar-refractivity contribution in [1.82, 2.24) is 9.55 Å². The summed E-state index contributed by atoms with van der Waals surface area (Å²) >= 11 is 0. The normalized spacial score (nSPS) is 10.1. The van der Waals surface area contributed by atoms with Crippen LogP contribution in [0.5, 0.6) is 0 Å². The molecule has 0 unspecified atom stereocenters. The maximum atomic E-state index is 4.11. The Morgan fingerprint density at radius 3 is 1.90 bits per heavy atom. The highest BCUT2D eigenvalue weighted by atomic mass is 15.0. The molecule has 1 heterocycles. The molecule has 0 amide bonds. The van der Waals surface area contributed by atoms with Gasteiger partial charge in [0.15, 0.2) is 0 Å². The number of nitrogens with zero attached hydrogens (tertiary/aromatic N) is 2. The minimum absolute atomic E-state index is 0.308. The Kier molecular flexibility index (Phi) is 10.7. The standard InChI is InChI=1S/C15H15B.C11H20N2/c1-13(2)16(14-9-5-3-6-10-14)15-11-7-4-8-12-15;1-2-3-4-5-6-7-9-13-10-8-12-11-13/h3-12H,1H2,2H3;8,10-11H,2-7,9H2,1H3. The number of benzene rings is 2. The molecule has 1 aromatic heterocycles. The molecule has 0 radical (unpaired) electrons. The van der Waals surface area contributed by atoms with Gasteiger partial charge in [-0.2, -0.15) is 0 Å². The third kappa shape index (κ3) is 8.56. The number of aromatic nitrogens is 2. The highest BCUT2D eigenvalue weighted by molar-refractivity contribution is 6.90. The summed E-state index contributed by atoms with van der Waals surface area (Å²) in [6.07, 6.45) is 13.9. The molecule has 152 valence electrons. The van der Waals surface area contributed by atoms with E-state index >= 15 is 0 Å². The highest BCUT2D eigenvalue weighted by Gasteiger charge is 2.18. The molecule has 3 rings (SSSR count). The van der Waals surface area contributed by atoms with E-state index in [-0.39, 0.29) is 0 Å². The van der Waals surface area contributed by atoms with Gasteiger partial charge in [0.1, 0.15) is 0 Å². The molecule has 2 nitrogen and oxygen atoms in total. The molecule has 0 aliphatic carbocycles. The molecule has 3 heteroatoms. The summed E-state index contributed by atoms with van der Waals surface area (Å²) in [6.45, 7) is 9.89. The second-order valence-electron chi connectivity index (χ2n) is 7.67. The van der Waals surface area contributed by atoms with Crippen LogP contribution in [0.4, 0.5) is 0 Å². The van der Waals surface area contributed by atoms with Crippen LogP contribution in [0.15, 0.2) is 91.4 Å². The maximum Gasteiger partial charge on any atom is 0.236 e. The second-order valence-corrected chi connectivity index (χ2v) is 7.67. The van der Waals surface area contributed by atoms with E-state index in [4.69, 9.17) is 0 Å². The number of hydrogen-bond acceptors (Lipinski definition) is 1. The lowest BCUT2D eigenvalue weighted by Gasteiger charge is -2.14. The zero-order valence-electron chi connectivity index (χ0n) is 18.1. The third-order valence-electron chi connectivity index (χ3n) is 5.09. The maximum absolute atomic E-state index is 4.11. The van der Waals surface area contributed by atoms with Crippen LogP contribution in [-0.4, -0.2) is 16.3 Å². The van der Waals surface area contributed by atoms with Crippen LogP contribution in [-0.2, 0) is 6.54 Å². The van der Waals surface area contributed by atoms with Crippen molar-refractivity contribution in [2.45, 2.75) is 58.9 Å². The molecular weight excluding hydrogens is 351 g/mol. The lowest BCUT2D eigenvalue weighted by Crippen LogP contribution is -2.43. The van der Waals surface area contributed by atoms with Crippen molar-refractivity contribution in [3.63, 3.8) is 0 Å². The lowest BCUT2D eigenvalue weighted by atomic mass is 9.37. The van der Waals surface area contributed by atoms with E-state index in [0.29, 0.717) is 6.71 Å². The Balaban J connectivity index is 0.000000212. The minimum atomic E-state index is 0.308. The van der Waals surface area contributed by atoms with Gasteiger partial charge < -0.3 is 4.57 Å². The largest absolute Gasteiger partial charge is 0.337 e. The van der Waals surface area contributed by atoms with Gasteiger partial charge in [-0.05, 0) is 6.42 Å². The van der Waals surface area contributed by atoms with Gasteiger partial charge in [-0.1, -0.05) is 118 Å². The molecule has 0 spiro atoms. The van der Waals surface area contributed by atoms with Gasteiger partial charge in [0, 0.05) is 18.9 Å². The Labute approximate surface area is 177 Å². The number of aryl methyl sites for hydroxylation is 1. The van der Waals surface area contributed by atoms with E-state index in [1.807, 2.05) is 30.9 Å². The van der Waals surface area contributed by atoms with Crippen LogP contribution in [0.3, 0.4) is 0 Å². The smallest absolute Gasteiger partial charge is 0.236 e. The zero-order valence-corrected chi connectivity index (χ0v) is 18.1. The Hall–Kier alpha value is -2.55. The van der Waals surface area contributed by atoms with E-state index < -0.39 is 0 Å². The van der Waals surface area contributed by atoms with E-state index in [2.05, 4.69) is 78.5 Å². The average molecular weight is 386 g/mol. The van der Waals surface area contributed by atoms with Gasteiger partial charge in [0.05, 0.1) is 6.33 Å². The Morgan fingerprint density at radius 2 is 1.41 bits per heavy atom. The van der Waals surface area contributed by atoms with E-state index in [9.17, 15) is 0 Å². The molecule has 0 saturated heterocycles. The molecule has 0 N–H and O–H groups in total. The molecule has 29 heavy (non-hydrogen) atoms. The van der Waals surface area contributed by atoms with Crippen LogP contribution in [0.2, 0.25) is 0 Å². The van der Waals surface area contributed by atoms with Crippen molar-refractivity contribution >= 4 is 17.6 Å². The molecule has 0 atom stereocenters. The van der Waals surface area contributed by atoms with Crippen LogP contribution in [0.1, 0.15) is 52.4 Å². The summed E-state index contributed by atoms with van der Waals surface area (Å²) in [5.74, 6) is 0. The third-order valence-corrected chi connectivity index (χ3v) is 5.09. The molecular formula is C26H35BN2. The van der Waals surface area contributed by atoms with Gasteiger partial charge in [-0.25, -0.2) is 4.98 Å². The van der Waals surface area contributed by atoms with Gasteiger partial charge in [-0.3, -0.25) is 0 Å². The number of rotatable bonds is 10. The van der Waals surface area contributed by atoms with Gasteiger partial charge in [0.2, 0.25) is 6.71 Å². The van der Waals surface area contributed by atoms with Crippen molar-refractivity contribution in [3.8, 4) is 0 Å². The van der Waals surface area contributed by atoms with Crippen LogP contribution in [0.25, 0.3) is 0 Å². The second kappa shape index (κ2) is 13.6. The summed E-state index contributed by atoms with van der Waals surface area (Å²) < 4.78 is 2.15. The summed E-state index contributed by atoms with van der Waals surface area (Å²) in [7, 11) is 0. The first-order valence-electron chi connectivity index (χ1n) is 10.9. The molecule has 0 aliphatic rings. The predicted molar refractivity (Wildman–Crippen MR) is 128 cm³/mol. The van der Waals surface area contributed by atoms with Gasteiger partial charge >= 0.3 is 0 Å². The topological polar surface area (TPSA) is 17.8 Å². The average Bonchev–Trinajstić information content (AvgIpc) is 3.26. The van der Waals surface area contributed by atoms with Crippen molar-refractivity contribution in [2.24, 2.45) is 0 Å². The summed E-state index contributed by atoms with van der Waals surface area (Å²) in [4.78, 5) is 4.01. The Bertz CT molecular complexity index is 743. The minimum Gasteiger partial charge on any atom is -0.337 e. The quantitative estimate of drug-likeness (QED) is 0.325. The predicted octanol–water partition coefficient (Wildman–Crippen LogP) is 5.65. The SMILES string of the molecule is C=C(C)B(c1ccccc1)c1ccccc1.CCCCCCCCn1ccnc1. The fourth-order valence-corrected chi connectivity index (χ4v) is 3.55. The number of unbranched alkanes of at least 4 members (excludes halogenated alkanes) is 5. The molecule has 0 bridgehead atoms. The fraction of sp³-hybridized carbons (Fsp3) is 0.346. The van der Waals surface area contributed by atoms with Gasteiger partial charge in [-0.15, -0.1) is 12.1 Å². The van der Waals surface area contributed by atoms with E-state index in [0.717, 1.165) is 6.54 Å². The van der Waals surface area contributed by atoms with E-state index in [1.165, 1.54) is 54.9 Å². The first-order chi connectivity index (χ1) is 14.2. The van der Waals surface area contributed by atoms with Crippen molar-refractivity contribution in [3.05, 3.63) is 91.4 Å². The summed E-state index contributed by atoms with van der Waals surface area (Å²) in [6, 6.07) is 21.0. The van der Waals surface area contributed by atoms with Crippen molar-refractivity contribution < 1.29 is 0 Å². The Morgan fingerprint density at radius 1 is 0.862 bits per heavy atom. The monoisotopic (exact) mass is 386 g/mol. The van der Waals surface area contributed by atoms with Crippen molar-refractivity contribution in [2.75, 3.05) is 0 Å². The fourth-order valence-electron chi connectivity index (χ4n) is 3.55. The molecule has 2 aromatic carbocycles. The molecule has 0 aliphatic heterocycles.